The quantitative estimate of drug-likeness (QED) is 0.511. The molecule has 0 saturated heterocycles. The van der Waals surface area contributed by atoms with Gasteiger partial charge in [-0.2, -0.15) is 5.10 Å². The van der Waals surface area contributed by atoms with E-state index in [0.717, 1.165) is 24.6 Å². The van der Waals surface area contributed by atoms with Crippen molar-refractivity contribution < 1.29 is 18.7 Å². The molecule has 0 spiro atoms. The normalized spacial score (nSPS) is 14.0. The summed E-state index contributed by atoms with van der Waals surface area (Å²) in [5.74, 6) is 1.03. The molecular weight excluding hydrogens is 396 g/mol. The fraction of sp³-hybridized carbons (Fsp3) is 0.261. The lowest BCUT2D eigenvalue weighted by atomic mass is 9.93. The summed E-state index contributed by atoms with van der Waals surface area (Å²) in [5.41, 5.74) is 8.34. The molecule has 0 aliphatic heterocycles. The van der Waals surface area contributed by atoms with Gasteiger partial charge in [0.2, 0.25) is 0 Å². The molecule has 1 aliphatic rings. The van der Waals surface area contributed by atoms with Crippen LogP contribution in [0, 0.1) is 13.8 Å². The Hall–Kier alpha value is -3.81. The predicted octanol–water partition coefficient (Wildman–Crippen LogP) is 3.87. The molecule has 1 aliphatic carbocycles. The van der Waals surface area contributed by atoms with Crippen LogP contribution in [0.5, 0.6) is 11.5 Å². The van der Waals surface area contributed by atoms with E-state index in [1.807, 2.05) is 6.07 Å². The summed E-state index contributed by atoms with van der Waals surface area (Å²) in [7, 11) is 0. The lowest BCUT2D eigenvalue weighted by molar-refractivity contribution is 0.0916. The summed E-state index contributed by atoms with van der Waals surface area (Å²) < 4.78 is 13.5. The Labute approximate surface area is 178 Å². The van der Waals surface area contributed by atoms with E-state index in [2.05, 4.69) is 10.4 Å². The lowest BCUT2D eigenvalue weighted by Crippen LogP contribution is -2.39. The van der Waals surface area contributed by atoms with E-state index in [1.54, 1.807) is 49.0 Å². The van der Waals surface area contributed by atoms with Crippen LogP contribution in [0.15, 0.2) is 41.1 Å². The Balaban J connectivity index is 1.49. The number of amides is 2. The highest BCUT2D eigenvalue weighted by atomic mass is 16.5. The maximum Gasteiger partial charge on any atom is 0.255 e. The molecule has 4 aromatic rings. The molecule has 0 bridgehead atoms. The Morgan fingerprint density at radius 2 is 2.06 bits per heavy atom. The second-order valence-corrected chi connectivity index (χ2v) is 7.92. The first-order chi connectivity index (χ1) is 14.9. The largest absolute Gasteiger partial charge is 0.460 e. The van der Waals surface area contributed by atoms with Crippen molar-refractivity contribution in [2.24, 2.45) is 5.73 Å². The maximum atomic E-state index is 12.7. The molecule has 3 N–H and O–H groups in total. The van der Waals surface area contributed by atoms with Crippen molar-refractivity contribution in [3.05, 3.63) is 59.1 Å². The number of hydrogen-bond acceptors (Lipinski definition) is 5. The Morgan fingerprint density at radius 1 is 1.26 bits per heavy atom. The molecule has 1 fully saturated rings. The number of nitrogens with two attached hydrogens (primary N) is 1. The molecule has 31 heavy (non-hydrogen) atoms. The molecule has 1 saturated carbocycles. The van der Waals surface area contributed by atoms with Crippen LogP contribution in [-0.4, -0.2) is 27.5 Å². The SMILES string of the molecule is Cc1oc2cc(Oc3ccnn4cc(C(N)=O)c(C)c34)ccc2c1C(=O)NC1CCC1. The van der Waals surface area contributed by atoms with Crippen molar-refractivity contribution in [2.45, 2.75) is 39.2 Å². The number of fused-ring (bicyclic) bond motifs is 2. The monoisotopic (exact) mass is 418 g/mol. The first-order valence-corrected chi connectivity index (χ1v) is 10.2. The van der Waals surface area contributed by atoms with Crippen LogP contribution >= 0.6 is 0 Å². The van der Waals surface area contributed by atoms with Gasteiger partial charge >= 0.3 is 0 Å². The number of benzene rings is 1. The molecule has 0 atom stereocenters. The highest BCUT2D eigenvalue weighted by Gasteiger charge is 2.24. The number of primary amides is 1. The second kappa shape index (κ2) is 7.16. The van der Waals surface area contributed by atoms with Gasteiger partial charge < -0.3 is 20.2 Å². The van der Waals surface area contributed by atoms with Gasteiger partial charge in [-0.1, -0.05) is 0 Å². The average Bonchev–Trinajstić information content (AvgIpc) is 3.21. The predicted molar refractivity (Wildman–Crippen MR) is 115 cm³/mol. The molecule has 3 aromatic heterocycles. The molecule has 0 unspecified atom stereocenters. The van der Waals surface area contributed by atoms with Gasteiger partial charge in [-0.05, 0) is 50.8 Å². The molecular formula is C23H22N4O4. The summed E-state index contributed by atoms with van der Waals surface area (Å²) >= 11 is 0. The Morgan fingerprint density at radius 3 is 2.77 bits per heavy atom. The van der Waals surface area contributed by atoms with Gasteiger partial charge in [-0.25, -0.2) is 4.52 Å². The van der Waals surface area contributed by atoms with Crippen molar-refractivity contribution in [1.29, 1.82) is 0 Å². The molecule has 8 nitrogen and oxygen atoms in total. The molecule has 158 valence electrons. The maximum absolute atomic E-state index is 12.7. The fourth-order valence-corrected chi connectivity index (χ4v) is 4.04. The van der Waals surface area contributed by atoms with Crippen LogP contribution in [0.4, 0.5) is 0 Å². The summed E-state index contributed by atoms with van der Waals surface area (Å²) in [6, 6.07) is 7.36. The van der Waals surface area contributed by atoms with Crippen LogP contribution in [-0.2, 0) is 0 Å². The van der Waals surface area contributed by atoms with Crippen molar-refractivity contribution >= 4 is 28.3 Å². The lowest BCUT2D eigenvalue weighted by Gasteiger charge is -2.26. The van der Waals surface area contributed by atoms with Crippen LogP contribution in [0.2, 0.25) is 0 Å². The minimum Gasteiger partial charge on any atom is -0.460 e. The number of carbonyl (C=O) groups is 2. The number of nitrogens with zero attached hydrogens (tertiary/aromatic N) is 2. The summed E-state index contributed by atoms with van der Waals surface area (Å²) in [4.78, 5) is 24.4. The first-order valence-electron chi connectivity index (χ1n) is 10.2. The molecule has 5 rings (SSSR count). The van der Waals surface area contributed by atoms with Crippen LogP contribution < -0.4 is 15.8 Å². The second-order valence-electron chi connectivity index (χ2n) is 7.92. The van der Waals surface area contributed by atoms with Gasteiger partial charge in [-0.3, -0.25) is 9.59 Å². The Kier molecular flexibility index (Phi) is 4.43. The highest BCUT2D eigenvalue weighted by Crippen LogP contribution is 2.34. The summed E-state index contributed by atoms with van der Waals surface area (Å²) in [5, 5.41) is 8.05. The first kappa shape index (κ1) is 19.2. The molecule has 8 heteroatoms. The number of carbonyl (C=O) groups excluding carboxylic acids is 2. The third kappa shape index (κ3) is 3.20. The van der Waals surface area contributed by atoms with Gasteiger partial charge in [0.1, 0.15) is 22.6 Å². The number of nitrogens with one attached hydrogen (secondary N) is 1. The average molecular weight is 418 g/mol. The molecule has 1 aromatic carbocycles. The highest BCUT2D eigenvalue weighted by molar-refractivity contribution is 6.07. The Bertz CT molecular complexity index is 1350. The van der Waals surface area contributed by atoms with Gasteiger partial charge in [0, 0.05) is 29.8 Å². The number of furan rings is 1. The number of rotatable bonds is 5. The number of aromatic nitrogens is 2. The van der Waals surface area contributed by atoms with Crippen molar-refractivity contribution in [2.75, 3.05) is 0 Å². The molecule has 2 amide bonds. The van der Waals surface area contributed by atoms with Crippen molar-refractivity contribution in [1.82, 2.24) is 14.9 Å². The van der Waals surface area contributed by atoms with Gasteiger partial charge in [-0.15, -0.1) is 0 Å². The number of ether oxygens (including phenoxy) is 1. The smallest absolute Gasteiger partial charge is 0.255 e. The summed E-state index contributed by atoms with van der Waals surface area (Å²) in [6.45, 7) is 3.59. The van der Waals surface area contributed by atoms with Crippen LogP contribution in [0.25, 0.3) is 16.5 Å². The van der Waals surface area contributed by atoms with Crippen molar-refractivity contribution in [3.8, 4) is 11.5 Å². The van der Waals surface area contributed by atoms with Gasteiger partial charge in [0.25, 0.3) is 11.8 Å². The standard InChI is InChI=1S/C23H22N4O4/c1-12-17(22(24)28)11-27-21(12)18(8-9-25-27)31-15-6-7-16-19(10-15)30-13(2)20(16)23(29)26-14-4-3-5-14/h6-11,14H,3-5H2,1-2H3,(H2,24,28)(H,26,29). The zero-order valence-electron chi connectivity index (χ0n) is 17.3. The zero-order chi connectivity index (χ0) is 21.7. The number of hydrogen-bond donors (Lipinski definition) is 2. The third-order valence-corrected chi connectivity index (χ3v) is 5.89. The van der Waals surface area contributed by atoms with Gasteiger partial charge in [0.05, 0.1) is 17.3 Å². The minimum atomic E-state index is -0.519. The minimum absolute atomic E-state index is 0.103. The van der Waals surface area contributed by atoms with E-state index in [1.165, 1.54) is 0 Å². The van der Waals surface area contributed by atoms with Gasteiger partial charge in [0.15, 0.2) is 5.75 Å². The molecule has 3 heterocycles. The topological polar surface area (TPSA) is 112 Å². The van der Waals surface area contributed by atoms with Crippen molar-refractivity contribution in [3.63, 3.8) is 0 Å². The number of aryl methyl sites for hydroxylation is 2. The fourth-order valence-electron chi connectivity index (χ4n) is 4.04. The third-order valence-electron chi connectivity index (χ3n) is 5.89. The van der Waals surface area contributed by atoms with E-state index in [0.29, 0.717) is 45.0 Å². The van der Waals surface area contributed by atoms with E-state index < -0.39 is 5.91 Å². The van der Waals surface area contributed by atoms with E-state index in [4.69, 9.17) is 14.9 Å². The van der Waals surface area contributed by atoms with Crippen LogP contribution in [0.3, 0.4) is 0 Å². The van der Waals surface area contributed by atoms with Crippen LogP contribution in [0.1, 0.15) is 51.3 Å². The summed E-state index contributed by atoms with van der Waals surface area (Å²) in [6.07, 6.45) is 6.38. The molecule has 0 radical (unpaired) electrons. The zero-order valence-corrected chi connectivity index (χ0v) is 17.3. The van der Waals surface area contributed by atoms with E-state index in [-0.39, 0.29) is 11.9 Å². The van der Waals surface area contributed by atoms with E-state index >= 15 is 0 Å². The van der Waals surface area contributed by atoms with E-state index in [9.17, 15) is 9.59 Å².